The van der Waals surface area contributed by atoms with Gasteiger partial charge >= 0.3 is 0 Å². The Hall–Kier alpha value is -1.89. The van der Waals surface area contributed by atoms with E-state index in [1.807, 2.05) is 17.0 Å². The number of piperazine rings is 1. The topological polar surface area (TPSA) is 53.9 Å². The van der Waals surface area contributed by atoms with Crippen molar-refractivity contribution < 1.29 is 14.5 Å². The first-order chi connectivity index (χ1) is 13.5. The molecule has 0 radical (unpaired) electrons. The number of hydrogen-bond acceptors (Lipinski definition) is 3. The quantitative estimate of drug-likeness (QED) is 0.754. The van der Waals surface area contributed by atoms with Crippen LogP contribution in [-0.4, -0.2) is 49.4 Å². The molecule has 7 heteroatoms. The molecular weight excluding hydrogens is 394 g/mol. The number of carbonyl (C=O) groups excluding carboxylic acids is 2. The molecule has 0 atom stereocenters. The van der Waals surface area contributed by atoms with Crippen LogP contribution >= 0.6 is 22.9 Å². The van der Waals surface area contributed by atoms with E-state index in [1.54, 1.807) is 23.5 Å². The molecule has 0 saturated carbocycles. The largest absolute Gasteiger partial charge is 0.327 e. The average molecular weight is 421 g/mol. The number of aryl methyl sites for hydroxylation is 2. The van der Waals surface area contributed by atoms with Crippen LogP contribution in [0.25, 0.3) is 0 Å². The van der Waals surface area contributed by atoms with E-state index in [4.69, 9.17) is 11.6 Å². The van der Waals surface area contributed by atoms with Gasteiger partial charge in [0.15, 0.2) is 6.54 Å². The first-order valence-electron chi connectivity index (χ1n) is 9.74. The summed E-state index contributed by atoms with van der Waals surface area (Å²) in [6.07, 6.45) is 2.11. The minimum Gasteiger partial charge on any atom is -0.327 e. The summed E-state index contributed by atoms with van der Waals surface area (Å²) in [7, 11) is 0. The second-order valence-corrected chi connectivity index (χ2v) is 8.85. The summed E-state index contributed by atoms with van der Waals surface area (Å²) in [6, 6.07) is 9.29. The number of hydrogen-bond donors (Lipinski definition) is 2. The van der Waals surface area contributed by atoms with Gasteiger partial charge in [-0.3, -0.25) is 9.59 Å². The summed E-state index contributed by atoms with van der Waals surface area (Å²) in [4.78, 5) is 30.3. The van der Waals surface area contributed by atoms with Crippen LogP contribution in [0, 0.1) is 6.92 Å². The predicted octanol–water partition coefficient (Wildman–Crippen LogP) is 2.64. The third-order valence-corrected chi connectivity index (χ3v) is 6.48. The van der Waals surface area contributed by atoms with Crippen molar-refractivity contribution in [3.63, 3.8) is 0 Å². The van der Waals surface area contributed by atoms with Crippen LogP contribution in [-0.2, 0) is 11.2 Å². The molecule has 1 aliphatic rings. The van der Waals surface area contributed by atoms with Gasteiger partial charge in [0.1, 0.15) is 0 Å². The van der Waals surface area contributed by atoms with E-state index in [0.717, 1.165) is 30.8 Å². The summed E-state index contributed by atoms with van der Waals surface area (Å²) in [5.41, 5.74) is 1.93. The number of quaternary nitrogens is 1. The second-order valence-electron chi connectivity index (χ2n) is 7.19. The van der Waals surface area contributed by atoms with Crippen LogP contribution in [0.15, 0.2) is 30.3 Å². The van der Waals surface area contributed by atoms with E-state index in [2.05, 4.69) is 25.2 Å². The van der Waals surface area contributed by atoms with Crippen LogP contribution in [0.4, 0.5) is 5.69 Å². The number of nitrogens with zero attached hydrogens (tertiary/aromatic N) is 1. The maximum absolute atomic E-state index is 12.8. The normalized spacial score (nSPS) is 14.9. The summed E-state index contributed by atoms with van der Waals surface area (Å²) in [6.45, 7) is 7.52. The van der Waals surface area contributed by atoms with Crippen LogP contribution < -0.4 is 10.2 Å². The Balaban J connectivity index is 1.50. The SMILES string of the molecule is CCCc1cc(C(=O)N2CC[NH+](CC(=O)Nc3ccccc3Cl)CC2)sc1C. The number of rotatable bonds is 6. The zero-order valence-electron chi connectivity index (χ0n) is 16.4. The molecule has 150 valence electrons. The van der Waals surface area contributed by atoms with Gasteiger partial charge in [0.25, 0.3) is 11.8 Å². The molecule has 0 spiro atoms. The van der Waals surface area contributed by atoms with Crippen molar-refractivity contribution in [2.45, 2.75) is 26.7 Å². The monoisotopic (exact) mass is 420 g/mol. The van der Waals surface area contributed by atoms with Gasteiger partial charge in [0, 0.05) is 4.88 Å². The Labute approximate surface area is 175 Å². The molecule has 1 aromatic heterocycles. The zero-order chi connectivity index (χ0) is 20.1. The molecular formula is C21H27ClN3O2S+. The average Bonchev–Trinajstić information content (AvgIpc) is 3.04. The van der Waals surface area contributed by atoms with E-state index in [-0.39, 0.29) is 11.8 Å². The molecule has 3 rings (SSSR count). The van der Waals surface area contributed by atoms with Crippen LogP contribution in [0.1, 0.15) is 33.5 Å². The molecule has 2 amide bonds. The predicted molar refractivity (Wildman–Crippen MR) is 115 cm³/mol. The van der Waals surface area contributed by atoms with Crippen molar-refractivity contribution in [2.75, 3.05) is 38.0 Å². The van der Waals surface area contributed by atoms with Gasteiger partial charge in [-0.15, -0.1) is 11.3 Å². The molecule has 0 unspecified atom stereocenters. The molecule has 2 aromatic rings. The lowest BCUT2D eigenvalue weighted by Crippen LogP contribution is -3.15. The molecule has 0 bridgehead atoms. The van der Waals surface area contributed by atoms with Gasteiger partial charge in [-0.25, -0.2) is 0 Å². The van der Waals surface area contributed by atoms with Crippen molar-refractivity contribution >= 4 is 40.4 Å². The minimum absolute atomic E-state index is 0.0547. The van der Waals surface area contributed by atoms with Gasteiger partial charge < -0.3 is 15.1 Å². The van der Waals surface area contributed by atoms with Gasteiger partial charge in [0.05, 0.1) is 41.8 Å². The lowest BCUT2D eigenvalue weighted by Gasteiger charge is -2.31. The zero-order valence-corrected chi connectivity index (χ0v) is 18.0. The first-order valence-corrected chi connectivity index (χ1v) is 10.9. The number of nitrogens with one attached hydrogen (secondary N) is 2. The number of anilines is 1. The molecule has 1 fully saturated rings. The number of amides is 2. The van der Waals surface area contributed by atoms with Crippen molar-refractivity contribution in [2.24, 2.45) is 0 Å². The fraction of sp³-hybridized carbons (Fsp3) is 0.429. The number of benzene rings is 1. The van der Waals surface area contributed by atoms with E-state index >= 15 is 0 Å². The fourth-order valence-corrected chi connectivity index (χ4v) is 4.71. The first kappa shape index (κ1) is 20.8. The smallest absolute Gasteiger partial charge is 0.279 e. The standard InChI is InChI=1S/C21H26ClN3O2S/c1-3-6-16-13-19(28-15(16)2)21(27)25-11-9-24(10-12-25)14-20(26)23-18-8-5-4-7-17(18)22/h4-5,7-8,13H,3,6,9-12,14H2,1-2H3,(H,23,26)/p+1. The highest BCUT2D eigenvalue weighted by Gasteiger charge is 2.27. The maximum Gasteiger partial charge on any atom is 0.279 e. The highest BCUT2D eigenvalue weighted by Crippen LogP contribution is 2.24. The van der Waals surface area contributed by atoms with Crippen molar-refractivity contribution in [3.8, 4) is 0 Å². The molecule has 2 N–H and O–H groups in total. The van der Waals surface area contributed by atoms with Crippen LogP contribution in [0.3, 0.4) is 0 Å². The summed E-state index contributed by atoms with van der Waals surface area (Å²) in [5.74, 6) is 0.0657. The minimum atomic E-state index is -0.0547. The van der Waals surface area contributed by atoms with Gasteiger partial charge in [-0.2, -0.15) is 0 Å². The molecule has 1 aromatic carbocycles. The van der Waals surface area contributed by atoms with Crippen LogP contribution in [0.5, 0.6) is 0 Å². The lowest BCUT2D eigenvalue weighted by molar-refractivity contribution is -0.895. The van der Waals surface area contributed by atoms with Crippen LogP contribution in [0.2, 0.25) is 5.02 Å². The Morgan fingerprint density at radius 1 is 1.25 bits per heavy atom. The van der Waals surface area contributed by atoms with E-state index in [0.29, 0.717) is 30.3 Å². The highest BCUT2D eigenvalue weighted by molar-refractivity contribution is 7.14. The Kier molecular flexibility index (Phi) is 7.10. The third kappa shape index (κ3) is 5.13. The van der Waals surface area contributed by atoms with Crippen molar-refractivity contribution in [3.05, 3.63) is 50.7 Å². The Morgan fingerprint density at radius 3 is 2.64 bits per heavy atom. The van der Waals surface area contributed by atoms with Crippen molar-refractivity contribution in [1.82, 2.24) is 4.90 Å². The summed E-state index contributed by atoms with van der Waals surface area (Å²) < 4.78 is 0. The molecule has 0 aliphatic carbocycles. The fourth-order valence-electron chi connectivity index (χ4n) is 3.49. The van der Waals surface area contributed by atoms with E-state index in [1.165, 1.54) is 15.3 Å². The number of halogens is 1. The summed E-state index contributed by atoms with van der Waals surface area (Å²) in [5, 5.41) is 3.40. The highest BCUT2D eigenvalue weighted by atomic mass is 35.5. The number of carbonyl (C=O) groups is 2. The number of thiophene rings is 1. The lowest BCUT2D eigenvalue weighted by atomic mass is 10.1. The van der Waals surface area contributed by atoms with E-state index < -0.39 is 0 Å². The Bertz CT molecular complexity index is 844. The second kappa shape index (κ2) is 9.54. The Morgan fingerprint density at radius 2 is 1.96 bits per heavy atom. The molecule has 2 heterocycles. The van der Waals surface area contributed by atoms with E-state index in [9.17, 15) is 9.59 Å². The molecule has 5 nitrogen and oxygen atoms in total. The van der Waals surface area contributed by atoms with Gasteiger partial charge in [-0.1, -0.05) is 37.1 Å². The van der Waals surface area contributed by atoms with Gasteiger partial charge in [0.2, 0.25) is 0 Å². The number of para-hydroxylation sites is 1. The summed E-state index contributed by atoms with van der Waals surface area (Å²) >= 11 is 7.69. The van der Waals surface area contributed by atoms with Crippen molar-refractivity contribution in [1.29, 1.82) is 0 Å². The molecule has 1 aliphatic heterocycles. The maximum atomic E-state index is 12.8. The third-order valence-electron chi connectivity index (χ3n) is 5.07. The molecule has 28 heavy (non-hydrogen) atoms. The molecule has 1 saturated heterocycles. The van der Waals surface area contributed by atoms with Gasteiger partial charge in [-0.05, 0) is 37.1 Å².